The lowest BCUT2D eigenvalue weighted by molar-refractivity contribution is -0.123. The maximum Gasteiger partial charge on any atom is 0.277 e. The second-order valence-corrected chi connectivity index (χ2v) is 6.71. The van der Waals surface area contributed by atoms with E-state index >= 15 is 0 Å². The van der Waals surface area contributed by atoms with Crippen molar-refractivity contribution in [1.82, 2.24) is 5.43 Å². The Balaban J connectivity index is 1.92. The summed E-state index contributed by atoms with van der Waals surface area (Å²) in [6.07, 6.45) is 1.53. The molecule has 27 heavy (non-hydrogen) atoms. The van der Waals surface area contributed by atoms with Crippen molar-refractivity contribution < 1.29 is 19.0 Å². The van der Waals surface area contributed by atoms with Crippen LogP contribution >= 0.6 is 15.9 Å². The van der Waals surface area contributed by atoms with E-state index in [0.717, 1.165) is 21.2 Å². The largest absolute Gasteiger partial charge is 0.493 e. The molecule has 7 heteroatoms. The Hall–Kier alpha value is -2.54. The van der Waals surface area contributed by atoms with Crippen molar-refractivity contribution in [2.24, 2.45) is 5.10 Å². The number of aryl methyl sites for hydroxylation is 2. The quantitative estimate of drug-likeness (QED) is 0.503. The number of hydrogen-bond acceptors (Lipinski definition) is 5. The average Bonchev–Trinajstić information content (AvgIpc) is 2.62. The predicted molar refractivity (Wildman–Crippen MR) is 109 cm³/mol. The number of hydrogen-bond donors (Lipinski definition) is 1. The number of halogens is 1. The molecule has 0 radical (unpaired) electrons. The number of methoxy groups -OCH3 is 1. The van der Waals surface area contributed by atoms with Crippen LogP contribution in [0.4, 0.5) is 0 Å². The lowest BCUT2D eigenvalue weighted by Crippen LogP contribution is -2.25. The van der Waals surface area contributed by atoms with E-state index in [1.54, 1.807) is 19.2 Å². The Bertz CT molecular complexity index is 814. The molecule has 2 aromatic rings. The van der Waals surface area contributed by atoms with Crippen LogP contribution in [-0.4, -0.2) is 32.4 Å². The SMILES string of the molecule is CCOc1ccc(C=NNC(=O)COc2c(C)cc(Br)cc2C)cc1OC. The van der Waals surface area contributed by atoms with Crippen LogP contribution < -0.4 is 19.6 Å². The van der Waals surface area contributed by atoms with Crippen LogP contribution in [0.3, 0.4) is 0 Å². The fraction of sp³-hybridized carbons (Fsp3) is 0.300. The van der Waals surface area contributed by atoms with E-state index in [9.17, 15) is 4.79 Å². The number of nitrogens with zero attached hydrogens (tertiary/aromatic N) is 1. The van der Waals surface area contributed by atoms with Gasteiger partial charge >= 0.3 is 0 Å². The van der Waals surface area contributed by atoms with Crippen LogP contribution in [0.5, 0.6) is 17.2 Å². The molecule has 0 aliphatic rings. The number of benzene rings is 2. The van der Waals surface area contributed by atoms with Gasteiger partial charge in [-0.1, -0.05) is 15.9 Å². The van der Waals surface area contributed by atoms with Crippen LogP contribution in [0, 0.1) is 13.8 Å². The van der Waals surface area contributed by atoms with Gasteiger partial charge in [0.2, 0.25) is 0 Å². The van der Waals surface area contributed by atoms with E-state index in [0.29, 0.717) is 23.9 Å². The monoisotopic (exact) mass is 434 g/mol. The maximum atomic E-state index is 12.0. The van der Waals surface area contributed by atoms with Gasteiger partial charge in [-0.15, -0.1) is 0 Å². The minimum Gasteiger partial charge on any atom is -0.493 e. The van der Waals surface area contributed by atoms with Gasteiger partial charge in [0.1, 0.15) is 5.75 Å². The zero-order valence-corrected chi connectivity index (χ0v) is 17.4. The van der Waals surface area contributed by atoms with Crippen LogP contribution in [0.15, 0.2) is 39.9 Å². The fourth-order valence-electron chi connectivity index (χ4n) is 2.51. The first kappa shape index (κ1) is 20.8. The first-order chi connectivity index (χ1) is 12.9. The predicted octanol–water partition coefficient (Wildman–Crippen LogP) is 4.00. The van der Waals surface area contributed by atoms with E-state index < -0.39 is 0 Å². The van der Waals surface area contributed by atoms with Crippen molar-refractivity contribution in [2.75, 3.05) is 20.3 Å². The second-order valence-electron chi connectivity index (χ2n) is 5.79. The average molecular weight is 435 g/mol. The van der Waals surface area contributed by atoms with Gasteiger partial charge in [0.05, 0.1) is 19.9 Å². The molecule has 6 nitrogen and oxygen atoms in total. The smallest absolute Gasteiger partial charge is 0.277 e. The van der Waals surface area contributed by atoms with Crippen molar-refractivity contribution in [3.63, 3.8) is 0 Å². The summed E-state index contributed by atoms with van der Waals surface area (Å²) in [5.41, 5.74) is 5.14. The van der Waals surface area contributed by atoms with Gasteiger partial charge in [0.15, 0.2) is 18.1 Å². The van der Waals surface area contributed by atoms with E-state index in [2.05, 4.69) is 26.5 Å². The summed E-state index contributed by atoms with van der Waals surface area (Å²) in [4.78, 5) is 12.0. The molecule has 0 aromatic heterocycles. The van der Waals surface area contributed by atoms with Crippen molar-refractivity contribution in [2.45, 2.75) is 20.8 Å². The van der Waals surface area contributed by atoms with E-state index in [1.165, 1.54) is 6.21 Å². The Morgan fingerprint density at radius 2 is 1.85 bits per heavy atom. The minimum absolute atomic E-state index is 0.118. The first-order valence-electron chi connectivity index (χ1n) is 8.46. The molecule has 0 saturated carbocycles. The number of ether oxygens (including phenoxy) is 3. The number of nitrogens with one attached hydrogen (secondary N) is 1. The lowest BCUT2D eigenvalue weighted by atomic mass is 10.1. The molecular formula is C20H23BrN2O4. The standard InChI is InChI=1S/C20H23BrN2O4/c1-5-26-17-7-6-15(10-18(17)25-4)11-22-23-19(24)12-27-20-13(2)8-16(21)9-14(20)3/h6-11H,5,12H2,1-4H3,(H,23,24). The molecule has 2 aromatic carbocycles. The minimum atomic E-state index is -0.342. The molecule has 0 aliphatic carbocycles. The fourth-order valence-corrected chi connectivity index (χ4v) is 3.20. The summed E-state index contributed by atoms with van der Waals surface area (Å²) < 4.78 is 17.4. The molecule has 0 unspecified atom stereocenters. The molecule has 1 N–H and O–H groups in total. The van der Waals surface area contributed by atoms with Crippen molar-refractivity contribution in [1.29, 1.82) is 0 Å². The number of carbonyl (C=O) groups excluding carboxylic acids is 1. The molecule has 2 rings (SSSR count). The summed E-state index contributed by atoms with van der Waals surface area (Å²) >= 11 is 3.44. The van der Waals surface area contributed by atoms with E-state index in [1.807, 2.05) is 39.0 Å². The second kappa shape index (κ2) is 9.97. The molecule has 0 atom stereocenters. The Kier molecular flexibility index (Phi) is 7.67. The molecule has 0 spiro atoms. The highest BCUT2D eigenvalue weighted by Crippen LogP contribution is 2.28. The van der Waals surface area contributed by atoms with E-state index in [-0.39, 0.29) is 12.5 Å². The molecule has 0 saturated heterocycles. The maximum absolute atomic E-state index is 12.0. The van der Waals surface area contributed by atoms with Gasteiger partial charge in [-0.2, -0.15) is 5.10 Å². The molecule has 144 valence electrons. The molecule has 0 fully saturated rings. The van der Waals surface area contributed by atoms with Crippen LogP contribution in [0.2, 0.25) is 0 Å². The molecular weight excluding hydrogens is 412 g/mol. The number of rotatable bonds is 8. The normalized spacial score (nSPS) is 10.7. The van der Waals surface area contributed by atoms with Crippen LogP contribution in [-0.2, 0) is 4.79 Å². The molecule has 0 bridgehead atoms. The molecule has 1 amide bonds. The number of hydrazone groups is 1. The highest BCUT2D eigenvalue weighted by atomic mass is 79.9. The summed E-state index contributed by atoms with van der Waals surface area (Å²) in [6, 6.07) is 9.29. The van der Waals surface area contributed by atoms with Gasteiger partial charge in [-0.05, 0) is 67.8 Å². The van der Waals surface area contributed by atoms with Crippen molar-refractivity contribution in [3.05, 3.63) is 51.5 Å². The van der Waals surface area contributed by atoms with Gasteiger partial charge in [0.25, 0.3) is 5.91 Å². The zero-order valence-electron chi connectivity index (χ0n) is 15.8. The molecule has 0 heterocycles. The number of amides is 1. The zero-order chi connectivity index (χ0) is 19.8. The van der Waals surface area contributed by atoms with Crippen LogP contribution in [0.25, 0.3) is 0 Å². The van der Waals surface area contributed by atoms with Gasteiger partial charge in [-0.25, -0.2) is 5.43 Å². The lowest BCUT2D eigenvalue weighted by Gasteiger charge is -2.12. The van der Waals surface area contributed by atoms with Crippen molar-refractivity contribution >= 4 is 28.1 Å². The van der Waals surface area contributed by atoms with Gasteiger partial charge in [-0.3, -0.25) is 4.79 Å². The topological polar surface area (TPSA) is 69.2 Å². The summed E-state index contributed by atoms with van der Waals surface area (Å²) in [7, 11) is 1.57. The highest BCUT2D eigenvalue weighted by Gasteiger charge is 2.08. The summed E-state index contributed by atoms with van der Waals surface area (Å²) in [6.45, 7) is 6.21. The third-order valence-electron chi connectivity index (χ3n) is 3.66. The molecule has 0 aliphatic heterocycles. The summed E-state index contributed by atoms with van der Waals surface area (Å²) in [5, 5.41) is 3.96. The van der Waals surface area contributed by atoms with Crippen molar-refractivity contribution in [3.8, 4) is 17.2 Å². The third-order valence-corrected chi connectivity index (χ3v) is 4.12. The first-order valence-corrected chi connectivity index (χ1v) is 9.26. The van der Waals surface area contributed by atoms with Gasteiger partial charge in [0, 0.05) is 4.47 Å². The third kappa shape index (κ3) is 5.99. The van der Waals surface area contributed by atoms with Crippen LogP contribution in [0.1, 0.15) is 23.6 Å². The Morgan fingerprint density at radius 1 is 1.15 bits per heavy atom. The number of carbonyl (C=O) groups is 1. The Labute approximate surface area is 167 Å². The van der Waals surface area contributed by atoms with E-state index in [4.69, 9.17) is 14.2 Å². The van der Waals surface area contributed by atoms with Gasteiger partial charge < -0.3 is 14.2 Å². The Morgan fingerprint density at radius 3 is 2.48 bits per heavy atom. The summed E-state index contributed by atoms with van der Waals surface area (Å²) in [5.74, 6) is 1.63. The highest BCUT2D eigenvalue weighted by molar-refractivity contribution is 9.10.